The number of phenols is 1. The third-order valence-electron chi connectivity index (χ3n) is 6.63. The van der Waals surface area contributed by atoms with Crippen LogP contribution in [0.2, 0.25) is 0 Å². The molecule has 0 unspecified atom stereocenters. The summed E-state index contributed by atoms with van der Waals surface area (Å²) in [6.45, 7) is 0.676. The molecule has 1 aromatic carbocycles. The van der Waals surface area contributed by atoms with Crippen molar-refractivity contribution in [3.8, 4) is 5.75 Å². The van der Waals surface area contributed by atoms with E-state index < -0.39 is 12.0 Å². The van der Waals surface area contributed by atoms with Crippen LogP contribution in [0, 0.1) is 17.2 Å². The number of amidine groups is 1. The van der Waals surface area contributed by atoms with E-state index in [2.05, 4.69) is 5.32 Å². The molecule has 0 bridgehead atoms. The number of carbonyl (C=O) groups excluding carboxylic acids is 2. The van der Waals surface area contributed by atoms with Crippen LogP contribution in [-0.2, 0) is 20.9 Å². The summed E-state index contributed by atoms with van der Waals surface area (Å²) in [7, 11) is 0. The molecule has 9 nitrogen and oxygen atoms in total. The summed E-state index contributed by atoms with van der Waals surface area (Å²) in [4.78, 5) is 38.7. The molecule has 0 spiro atoms. The minimum atomic E-state index is -0.907. The number of nitrogens with one attached hydrogen (secondary N) is 2. The number of aliphatic carboxylic acids is 1. The van der Waals surface area contributed by atoms with Gasteiger partial charge in [0.1, 0.15) is 17.6 Å². The van der Waals surface area contributed by atoms with Crippen molar-refractivity contribution in [2.45, 2.75) is 64.0 Å². The van der Waals surface area contributed by atoms with Crippen LogP contribution in [0.3, 0.4) is 0 Å². The summed E-state index contributed by atoms with van der Waals surface area (Å²) in [5, 5.41) is 29.3. The number of nitrogens with two attached hydrogens (primary N) is 1. The lowest BCUT2D eigenvalue weighted by molar-refractivity contribution is -0.153. The van der Waals surface area contributed by atoms with Gasteiger partial charge in [-0.1, -0.05) is 25.3 Å². The van der Waals surface area contributed by atoms with E-state index in [1.807, 2.05) is 0 Å². The molecule has 1 aliphatic heterocycles. The number of phenolic OH excluding ortho intramolecular Hbond substituents is 1. The molecule has 2 atom stereocenters. The first-order valence-electron chi connectivity index (χ1n) is 11.2. The lowest BCUT2D eigenvalue weighted by Crippen LogP contribution is -2.60. The Morgan fingerprint density at radius 1 is 1.19 bits per heavy atom. The zero-order valence-corrected chi connectivity index (χ0v) is 18.2. The molecule has 0 aromatic heterocycles. The summed E-state index contributed by atoms with van der Waals surface area (Å²) in [6.07, 6.45) is 5.96. The molecule has 3 rings (SSSR count). The zero-order chi connectivity index (χ0) is 23.3. The largest absolute Gasteiger partial charge is 0.507 e. The summed E-state index contributed by atoms with van der Waals surface area (Å²) in [5.41, 5.74) is 6.28. The Morgan fingerprint density at radius 3 is 2.47 bits per heavy atom. The molecule has 2 amide bonds. The summed E-state index contributed by atoms with van der Waals surface area (Å²) < 4.78 is 0. The van der Waals surface area contributed by atoms with Crippen LogP contribution >= 0.6 is 0 Å². The molecule has 1 saturated carbocycles. The number of carbonyl (C=O) groups is 3. The monoisotopic (exact) mass is 444 g/mol. The summed E-state index contributed by atoms with van der Waals surface area (Å²) in [6, 6.07) is 4.09. The predicted molar refractivity (Wildman–Crippen MR) is 118 cm³/mol. The molecule has 6 N–H and O–H groups in total. The van der Waals surface area contributed by atoms with Gasteiger partial charge in [0.25, 0.3) is 0 Å². The number of nitrogen functional groups attached to an aromatic ring is 1. The number of aromatic hydroxyl groups is 1. The number of carboxylic acid groups (broad SMARTS) is 1. The average Bonchev–Trinajstić information content (AvgIpc) is 2.72. The highest BCUT2D eigenvalue weighted by Crippen LogP contribution is 2.35. The van der Waals surface area contributed by atoms with Gasteiger partial charge in [0, 0.05) is 25.4 Å². The Kier molecular flexibility index (Phi) is 7.71. The van der Waals surface area contributed by atoms with E-state index in [9.17, 15) is 19.5 Å². The fourth-order valence-electron chi connectivity index (χ4n) is 4.73. The van der Waals surface area contributed by atoms with Gasteiger partial charge in [-0.3, -0.25) is 19.8 Å². The van der Waals surface area contributed by atoms with Crippen molar-refractivity contribution in [2.24, 2.45) is 17.6 Å². The molecule has 1 aromatic rings. The van der Waals surface area contributed by atoms with Crippen molar-refractivity contribution < 1.29 is 24.6 Å². The Morgan fingerprint density at radius 2 is 1.91 bits per heavy atom. The van der Waals surface area contributed by atoms with Crippen LogP contribution in [0.25, 0.3) is 0 Å². The lowest BCUT2D eigenvalue weighted by Gasteiger charge is -2.43. The minimum Gasteiger partial charge on any atom is -0.507 e. The number of likely N-dealkylation sites (tertiary alicyclic amines) is 1. The second-order valence-corrected chi connectivity index (χ2v) is 8.76. The molecule has 174 valence electrons. The predicted octanol–water partition coefficient (Wildman–Crippen LogP) is 1.95. The minimum absolute atomic E-state index is 0.0443. The third-order valence-corrected chi connectivity index (χ3v) is 6.63. The van der Waals surface area contributed by atoms with Crippen LogP contribution < -0.4 is 11.1 Å². The Hall–Kier alpha value is -3.10. The zero-order valence-electron chi connectivity index (χ0n) is 18.2. The smallest absolute Gasteiger partial charge is 0.303 e. The molecule has 32 heavy (non-hydrogen) atoms. The van der Waals surface area contributed by atoms with E-state index in [0.717, 1.165) is 32.1 Å². The number of amides is 2. The third kappa shape index (κ3) is 5.57. The van der Waals surface area contributed by atoms with Crippen LogP contribution in [-0.4, -0.2) is 51.3 Å². The van der Waals surface area contributed by atoms with Crippen molar-refractivity contribution in [2.75, 3.05) is 6.54 Å². The van der Waals surface area contributed by atoms with Gasteiger partial charge in [0.15, 0.2) is 0 Å². The van der Waals surface area contributed by atoms with Gasteiger partial charge in [-0.15, -0.1) is 0 Å². The topological polar surface area (TPSA) is 157 Å². The van der Waals surface area contributed by atoms with E-state index >= 15 is 0 Å². The molecule has 0 radical (unpaired) electrons. The molecule has 1 saturated heterocycles. The molecule has 9 heteroatoms. The summed E-state index contributed by atoms with van der Waals surface area (Å²) >= 11 is 0. The van der Waals surface area contributed by atoms with Gasteiger partial charge in [0.2, 0.25) is 11.8 Å². The van der Waals surface area contributed by atoms with Gasteiger partial charge < -0.3 is 26.2 Å². The van der Waals surface area contributed by atoms with Gasteiger partial charge in [0.05, 0.1) is 5.56 Å². The normalized spacial score (nSPS) is 19.6. The first-order chi connectivity index (χ1) is 15.3. The number of hydrogen-bond acceptors (Lipinski definition) is 5. The maximum atomic E-state index is 13.3. The second-order valence-electron chi connectivity index (χ2n) is 8.76. The van der Waals surface area contributed by atoms with Gasteiger partial charge in [-0.25, -0.2) is 0 Å². The van der Waals surface area contributed by atoms with Crippen molar-refractivity contribution in [3.05, 3.63) is 29.3 Å². The van der Waals surface area contributed by atoms with Crippen molar-refractivity contribution in [3.63, 3.8) is 0 Å². The molecule has 2 aliphatic rings. The molecular formula is C23H32N4O5. The Labute approximate surface area is 187 Å². The quantitative estimate of drug-likeness (QED) is 0.289. The number of benzene rings is 1. The van der Waals surface area contributed by atoms with E-state index in [0.29, 0.717) is 24.9 Å². The molecule has 1 aliphatic carbocycles. The van der Waals surface area contributed by atoms with Crippen LogP contribution in [0.4, 0.5) is 0 Å². The van der Waals surface area contributed by atoms with Crippen molar-refractivity contribution in [1.82, 2.24) is 10.2 Å². The van der Waals surface area contributed by atoms with Crippen LogP contribution in [0.15, 0.2) is 18.2 Å². The highest BCUT2D eigenvalue weighted by Gasteiger charge is 2.42. The van der Waals surface area contributed by atoms with Gasteiger partial charge in [-0.2, -0.15) is 0 Å². The lowest BCUT2D eigenvalue weighted by atomic mass is 9.76. The van der Waals surface area contributed by atoms with Gasteiger partial charge >= 0.3 is 5.97 Å². The van der Waals surface area contributed by atoms with Gasteiger partial charge in [-0.05, 0) is 49.3 Å². The first kappa shape index (κ1) is 23.6. The first-order valence-corrected chi connectivity index (χ1v) is 11.2. The Balaban J connectivity index is 1.60. The number of rotatable bonds is 9. The Bertz CT molecular complexity index is 881. The molecular weight excluding hydrogens is 412 g/mol. The van der Waals surface area contributed by atoms with Crippen LogP contribution in [0.1, 0.15) is 62.5 Å². The van der Waals surface area contributed by atoms with Crippen molar-refractivity contribution in [1.29, 1.82) is 5.41 Å². The van der Waals surface area contributed by atoms with E-state index in [1.54, 1.807) is 11.0 Å². The van der Waals surface area contributed by atoms with Crippen LogP contribution in [0.5, 0.6) is 5.75 Å². The number of nitrogens with zero attached hydrogens (tertiary/aromatic N) is 1. The standard InChI is InChI=1S/C23H32N4O5/c24-21(25)17-7-6-14(12-19(17)28)13-26-22(31)18-10-11-27(18)23(32)16(8-9-20(29)30)15-4-2-1-3-5-15/h6-7,12,15-16,18,28H,1-5,8-11,13H2,(H3,24,25)(H,26,31)(H,29,30)/t16-,18+/m1/s1. The number of carboxylic acids is 1. The van der Waals surface area contributed by atoms with E-state index in [4.69, 9.17) is 16.2 Å². The maximum Gasteiger partial charge on any atom is 0.303 e. The second kappa shape index (κ2) is 10.5. The van der Waals surface area contributed by atoms with Crippen molar-refractivity contribution >= 4 is 23.6 Å². The number of hydrogen-bond donors (Lipinski definition) is 5. The fourth-order valence-corrected chi connectivity index (χ4v) is 4.73. The SMILES string of the molecule is N=C(N)c1ccc(CNC(=O)[C@@H]2CCN2C(=O)[C@H](CCC(=O)O)C2CCCCC2)cc1O. The van der Waals surface area contributed by atoms with E-state index in [1.165, 1.54) is 12.1 Å². The summed E-state index contributed by atoms with van der Waals surface area (Å²) in [5.74, 6) is -1.81. The van der Waals surface area contributed by atoms with E-state index in [-0.39, 0.29) is 53.8 Å². The fraction of sp³-hybridized carbons (Fsp3) is 0.565. The highest BCUT2D eigenvalue weighted by atomic mass is 16.4. The molecule has 1 heterocycles. The maximum absolute atomic E-state index is 13.3. The highest BCUT2D eigenvalue weighted by molar-refractivity contribution is 5.97. The molecule has 2 fully saturated rings. The average molecular weight is 445 g/mol.